The van der Waals surface area contributed by atoms with E-state index in [1.807, 2.05) is 25.1 Å². The van der Waals surface area contributed by atoms with Gasteiger partial charge in [0.2, 0.25) is 14.2 Å². The molecule has 2 heterocycles. The summed E-state index contributed by atoms with van der Waals surface area (Å²) in [5.41, 5.74) is 2.19. The Morgan fingerprint density at radius 2 is 1.94 bits per heavy atom. The maximum absolute atomic E-state index is 11.3. The number of hydrogen-bond donors (Lipinski definition) is 0. The average molecular weight is 254 g/mol. The van der Waals surface area contributed by atoms with E-state index >= 15 is 0 Å². The molecule has 0 atom stereocenters. The average Bonchev–Trinajstić information content (AvgIpc) is 2.65. The smallest absolute Gasteiger partial charge is 0.209 e. The molecule has 16 heavy (non-hydrogen) atoms. The van der Waals surface area contributed by atoms with Crippen LogP contribution in [-0.4, -0.2) is 24.6 Å². The molecule has 0 saturated heterocycles. The van der Waals surface area contributed by atoms with E-state index in [2.05, 4.69) is 9.97 Å². The molecule has 0 bridgehead atoms. The van der Waals surface area contributed by atoms with Crippen LogP contribution in [0, 0.1) is 6.92 Å². The fourth-order valence-electron chi connectivity index (χ4n) is 1.23. The molecule has 0 N–H and O–H groups in total. The number of aromatic nitrogens is 2. The minimum atomic E-state index is -3.22. The van der Waals surface area contributed by atoms with Crippen molar-refractivity contribution in [3.05, 3.63) is 29.3 Å². The molecule has 0 unspecified atom stereocenters. The molecule has 4 nitrogen and oxygen atoms in total. The predicted octanol–water partition coefficient (Wildman–Crippen LogP) is 1.92. The second-order valence-electron chi connectivity index (χ2n) is 3.44. The molecule has 0 amide bonds. The second kappa shape index (κ2) is 3.95. The summed E-state index contributed by atoms with van der Waals surface area (Å²) in [6, 6.07) is 5.57. The van der Waals surface area contributed by atoms with Crippen molar-refractivity contribution < 1.29 is 8.42 Å². The third-order valence-electron chi connectivity index (χ3n) is 1.95. The van der Waals surface area contributed by atoms with E-state index in [4.69, 9.17) is 0 Å². The Bertz CT molecular complexity index is 617. The molecular formula is C10H10N2O2S2. The molecule has 2 aromatic rings. The summed E-state index contributed by atoms with van der Waals surface area (Å²) in [5.74, 6) is 0. The normalized spacial score (nSPS) is 11.6. The van der Waals surface area contributed by atoms with Crippen LogP contribution in [0.1, 0.15) is 5.69 Å². The lowest BCUT2D eigenvalue weighted by atomic mass is 10.3. The largest absolute Gasteiger partial charge is 0.251 e. The summed E-state index contributed by atoms with van der Waals surface area (Å²) in [7, 11) is -3.22. The van der Waals surface area contributed by atoms with Gasteiger partial charge in [0.05, 0.1) is 5.69 Å². The molecule has 0 aliphatic carbocycles. The SMILES string of the molecule is Cc1cccc(-c2csc(S(C)(=O)=O)n2)n1. The van der Waals surface area contributed by atoms with Crippen LogP contribution >= 0.6 is 11.3 Å². The van der Waals surface area contributed by atoms with Crippen molar-refractivity contribution in [1.29, 1.82) is 0 Å². The topological polar surface area (TPSA) is 59.9 Å². The monoisotopic (exact) mass is 254 g/mol. The van der Waals surface area contributed by atoms with Gasteiger partial charge in [-0.2, -0.15) is 0 Å². The van der Waals surface area contributed by atoms with Crippen LogP contribution in [0.15, 0.2) is 27.9 Å². The minimum Gasteiger partial charge on any atom is -0.251 e. The van der Waals surface area contributed by atoms with Crippen molar-refractivity contribution in [3.63, 3.8) is 0 Å². The highest BCUT2D eigenvalue weighted by Gasteiger charge is 2.13. The highest BCUT2D eigenvalue weighted by Crippen LogP contribution is 2.22. The fourth-order valence-corrected chi connectivity index (χ4v) is 2.88. The molecular weight excluding hydrogens is 244 g/mol. The van der Waals surface area contributed by atoms with Gasteiger partial charge in [0, 0.05) is 17.3 Å². The lowest BCUT2D eigenvalue weighted by Gasteiger charge is -1.96. The van der Waals surface area contributed by atoms with Gasteiger partial charge in [0.1, 0.15) is 5.69 Å². The summed E-state index contributed by atoms with van der Waals surface area (Å²) in [5, 5.41) is 1.71. The van der Waals surface area contributed by atoms with Gasteiger partial charge in [-0.05, 0) is 19.1 Å². The summed E-state index contributed by atoms with van der Waals surface area (Å²) >= 11 is 1.12. The molecule has 6 heteroatoms. The lowest BCUT2D eigenvalue weighted by molar-refractivity contribution is 0.601. The first kappa shape index (κ1) is 11.2. The van der Waals surface area contributed by atoms with E-state index in [-0.39, 0.29) is 4.34 Å². The van der Waals surface area contributed by atoms with Crippen LogP contribution in [-0.2, 0) is 9.84 Å². The van der Waals surface area contributed by atoms with Gasteiger partial charge >= 0.3 is 0 Å². The number of aryl methyl sites for hydroxylation is 1. The van der Waals surface area contributed by atoms with E-state index in [0.717, 1.165) is 23.3 Å². The van der Waals surface area contributed by atoms with Crippen LogP contribution in [0.4, 0.5) is 0 Å². The van der Waals surface area contributed by atoms with Gasteiger partial charge in [0.25, 0.3) is 0 Å². The Morgan fingerprint density at radius 3 is 2.50 bits per heavy atom. The molecule has 0 aliphatic rings. The van der Waals surface area contributed by atoms with Crippen LogP contribution in [0.25, 0.3) is 11.4 Å². The zero-order chi connectivity index (χ0) is 11.8. The summed E-state index contributed by atoms with van der Waals surface area (Å²) in [6.07, 6.45) is 1.15. The van der Waals surface area contributed by atoms with Crippen molar-refractivity contribution in [2.24, 2.45) is 0 Å². The number of pyridine rings is 1. The maximum Gasteiger partial charge on any atom is 0.209 e. The highest BCUT2D eigenvalue weighted by molar-refractivity contribution is 7.92. The zero-order valence-corrected chi connectivity index (χ0v) is 10.5. The maximum atomic E-state index is 11.3. The molecule has 0 aliphatic heterocycles. The van der Waals surface area contributed by atoms with Gasteiger partial charge in [-0.1, -0.05) is 6.07 Å². The summed E-state index contributed by atoms with van der Waals surface area (Å²) in [4.78, 5) is 8.35. The fraction of sp³-hybridized carbons (Fsp3) is 0.200. The molecule has 0 radical (unpaired) electrons. The number of thiazole rings is 1. The number of nitrogens with zero attached hydrogens (tertiary/aromatic N) is 2. The van der Waals surface area contributed by atoms with E-state index in [0.29, 0.717) is 11.4 Å². The highest BCUT2D eigenvalue weighted by atomic mass is 32.2. The van der Waals surface area contributed by atoms with E-state index in [1.54, 1.807) is 5.38 Å². The molecule has 0 spiro atoms. The number of rotatable bonds is 2. The van der Waals surface area contributed by atoms with Gasteiger partial charge in [-0.15, -0.1) is 11.3 Å². The van der Waals surface area contributed by atoms with Crippen molar-refractivity contribution in [3.8, 4) is 11.4 Å². The van der Waals surface area contributed by atoms with Gasteiger partial charge in [-0.25, -0.2) is 13.4 Å². The Kier molecular flexibility index (Phi) is 2.77. The van der Waals surface area contributed by atoms with Gasteiger partial charge < -0.3 is 0 Å². The minimum absolute atomic E-state index is 0.130. The molecule has 0 aromatic carbocycles. The van der Waals surface area contributed by atoms with Gasteiger partial charge in [-0.3, -0.25) is 4.98 Å². The molecule has 2 aromatic heterocycles. The van der Waals surface area contributed by atoms with Crippen LogP contribution < -0.4 is 0 Å². The first-order valence-electron chi connectivity index (χ1n) is 4.56. The third kappa shape index (κ3) is 2.28. The van der Waals surface area contributed by atoms with Crippen LogP contribution in [0.5, 0.6) is 0 Å². The van der Waals surface area contributed by atoms with Crippen molar-refractivity contribution >= 4 is 21.2 Å². The van der Waals surface area contributed by atoms with Gasteiger partial charge in [0.15, 0.2) is 0 Å². The molecule has 0 fully saturated rings. The van der Waals surface area contributed by atoms with Crippen molar-refractivity contribution in [2.75, 3.05) is 6.26 Å². The standard InChI is InChI=1S/C10H10N2O2S2/c1-7-4-3-5-8(11-7)9-6-15-10(12-9)16(2,13)14/h3-6H,1-2H3. The van der Waals surface area contributed by atoms with E-state index < -0.39 is 9.84 Å². The number of hydrogen-bond acceptors (Lipinski definition) is 5. The summed E-state index contributed by atoms with van der Waals surface area (Å²) in [6.45, 7) is 1.88. The Hall–Kier alpha value is -1.27. The molecule has 2 rings (SSSR count). The third-order valence-corrected chi connectivity index (χ3v) is 4.51. The van der Waals surface area contributed by atoms with E-state index in [9.17, 15) is 8.42 Å². The van der Waals surface area contributed by atoms with Crippen LogP contribution in [0.2, 0.25) is 0 Å². The van der Waals surface area contributed by atoms with E-state index in [1.165, 1.54) is 0 Å². The molecule has 0 saturated carbocycles. The first-order valence-corrected chi connectivity index (χ1v) is 7.33. The van der Waals surface area contributed by atoms with Crippen molar-refractivity contribution in [2.45, 2.75) is 11.3 Å². The quantitative estimate of drug-likeness (QED) is 0.821. The Labute approximate surface area is 97.9 Å². The molecule has 84 valence electrons. The van der Waals surface area contributed by atoms with Crippen molar-refractivity contribution in [1.82, 2.24) is 9.97 Å². The second-order valence-corrected chi connectivity index (χ2v) is 6.48. The lowest BCUT2D eigenvalue weighted by Crippen LogP contribution is -1.96. The Balaban J connectivity index is 2.47. The predicted molar refractivity (Wildman–Crippen MR) is 63.2 cm³/mol. The summed E-state index contributed by atoms with van der Waals surface area (Å²) < 4.78 is 22.7. The Morgan fingerprint density at radius 1 is 1.19 bits per heavy atom. The zero-order valence-electron chi connectivity index (χ0n) is 8.84. The first-order chi connectivity index (χ1) is 7.47. The van der Waals surface area contributed by atoms with Crippen LogP contribution in [0.3, 0.4) is 0 Å². The number of sulfone groups is 1.